The second kappa shape index (κ2) is 7.95. The standard InChI is InChI=1S/C15H13Br2N3O/c16-12-6-7-14(13(17)8-12)18-10-15(21)20-19-9-11-4-2-1-3-5-11/h1-9,18H,10H2,(H,20,21)/b19-9+. The molecule has 0 aliphatic carbocycles. The Hall–Kier alpha value is -1.66. The van der Waals surface area contributed by atoms with Gasteiger partial charge < -0.3 is 5.32 Å². The molecule has 0 aromatic heterocycles. The minimum atomic E-state index is -0.211. The molecule has 0 saturated carbocycles. The van der Waals surface area contributed by atoms with Crippen LogP contribution in [0.5, 0.6) is 0 Å². The normalized spacial score (nSPS) is 10.6. The van der Waals surface area contributed by atoms with E-state index in [-0.39, 0.29) is 12.5 Å². The lowest BCUT2D eigenvalue weighted by Crippen LogP contribution is -2.25. The zero-order valence-corrected chi connectivity index (χ0v) is 14.2. The van der Waals surface area contributed by atoms with Gasteiger partial charge in [0.05, 0.1) is 12.8 Å². The zero-order chi connectivity index (χ0) is 15.1. The Kier molecular flexibility index (Phi) is 5.95. The first kappa shape index (κ1) is 15.7. The number of anilines is 1. The van der Waals surface area contributed by atoms with Gasteiger partial charge in [-0.3, -0.25) is 4.79 Å². The van der Waals surface area contributed by atoms with Crippen LogP contribution in [-0.4, -0.2) is 18.7 Å². The zero-order valence-electron chi connectivity index (χ0n) is 11.0. The van der Waals surface area contributed by atoms with E-state index < -0.39 is 0 Å². The van der Waals surface area contributed by atoms with Crippen molar-refractivity contribution in [3.8, 4) is 0 Å². The van der Waals surface area contributed by atoms with E-state index in [2.05, 4.69) is 47.7 Å². The number of hydrazone groups is 1. The summed E-state index contributed by atoms with van der Waals surface area (Å²) in [5.74, 6) is -0.211. The van der Waals surface area contributed by atoms with Gasteiger partial charge in [-0.1, -0.05) is 46.3 Å². The van der Waals surface area contributed by atoms with Gasteiger partial charge >= 0.3 is 0 Å². The number of amides is 1. The highest BCUT2D eigenvalue weighted by atomic mass is 79.9. The summed E-state index contributed by atoms with van der Waals surface area (Å²) in [5.41, 5.74) is 4.26. The third kappa shape index (κ3) is 5.32. The number of benzene rings is 2. The molecule has 4 nitrogen and oxygen atoms in total. The largest absolute Gasteiger partial charge is 0.375 e. The SMILES string of the molecule is O=C(CNc1ccc(Br)cc1Br)N/N=C/c1ccccc1. The molecule has 1 amide bonds. The van der Waals surface area contributed by atoms with Crippen molar-refractivity contribution < 1.29 is 4.79 Å². The van der Waals surface area contributed by atoms with Crippen molar-refractivity contribution in [3.05, 3.63) is 63.0 Å². The predicted octanol–water partition coefficient (Wildman–Crippen LogP) is 3.77. The molecule has 0 aliphatic heterocycles. The van der Waals surface area contributed by atoms with E-state index in [1.54, 1.807) is 6.21 Å². The number of hydrogen-bond donors (Lipinski definition) is 2. The van der Waals surface area contributed by atoms with Gasteiger partial charge in [-0.2, -0.15) is 5.10 Å². The lowest BCUT2D eigenvalue weighted by Gasteiger charge is -2.07. The summed E-state index contributed by atoms with van der Waals surface area (Å²) in [5, 5.41) is 6.94. The number of hydrogen-bond acceptors (Lipinski definition) is 3. The molecule has 2 rings (SSSR count). The quantitative estimate of drug-likeness (QED) is 0.582. The molecule has 6 heteroatoms. The van der Waals surface area contributed by atoms with E-state index in [0.29, 0.717) is 0 Å². The van der Waals surface area contributed by atoms with Crippen LogP contribution in [-0.2, 0) is 4.79 Å². The first-order valence-corrected chi connectivity index (χ1v) is 7.79. The second-order valence-electron chi connectivity index (χ2n) is 4.18. The summed E-state index contributed by atoms with van der Waals surface area (Å²) in [7, 11) is 0. The topological polar surface area (TPSA) is 53.5 Å². The highest BCUT2D eigenvalue weighted by Gasteiger charge is 2.03. The highest BCUT2D eigenvalue weighted by molar-refractivity contribution is 9.11. The Bertz CT molecular complexity index is 645. The molecule has 0 atom stereocenters. The molecular weight excluding hydrogens is 398 g/mol. The molecule has 0 spiro atoms. The Morgan fingerprint density at radius 3 is 2.62 bits per heavy atom. The molecule has 2 aromatic carbocycles. The average Bonchev–Trinajstić information content (AvgIpc) is 2.47. The van der Waals surface area contributed by atoms with Gasteiger partial charge in [0.15, 0.2) is 0 Å². The average molecular weight is 411 g/mol. The van der Waals surface area contributed by atoms with E-state index >= 15 is 0 Å². The molecule has 21 heavy (non-hydrogen) atoms. The summed E-state index contributed by atoms with van der Waals surface area (Å²) in [6.45, 7) is 0.145. The molecule has 0 saturated heterocycles. The summed E-state index contributed by atoms with van der Waals surface area (Å²) in [6.07, 6.45) is 1.60. The van der Waals surface area contributed by atoms with Crippen molar-refractivity contribution in [1.82, 2.24) is 5.43 Å². The van der Waals surface area contributed by atoms with Gasteiger partial charge in [-0.25, -0.2) is 5.43 Å². The van der Waals surface area contributed by atoms with Crippen LogP contribution in [0.25, 0.3) is 0 Å². The molecule has 0 heterocycles. The number of nitrogens with one attached hydrogen (secondary N) is 2. The van der Waals surface area contributed by atoms with Crippen LogP contribution in [0.3, 0.4) is 0 Å². The third-order valence-electron chi connectivity index (χ3n) is 2.57. The monoisotopic (exact) mass is 409 g/mol. The Morgan fingerprint density at radius 2 is 1.90 bits per heavy atom. The molecular formula is C15H13Br2N3O. The lowest BCUT2D eigenvalue weighted by molar-refractivity contribution is -0.119. The van der Waals surface area contributed by atoms with Crippen LogP contribution < -0.4 is 10.7 Å². The Balaban J connectivity index is 1.81. The Labute approximate surface area is 139 Å². The van der Waals surface area contributed by atoms with Crippen LogP contribution in [0.2, 0.25) is 0 Å². The third-order valence-corrected chi connectivity index (χ3v) is 3.72. The Morgan fingerprint density at radius 1 is 1.14 bits per heavy atom. The van der Waals surface area contributed by atoms with Gasteiger partial charge in [0.25, 0.3) is 5.91 Å². The minimum absolute atomic E-state index is 0.145. The maximum absolute atomic E-state index is 11.7. The van der Waals surface area contributed by atoms with Crippen LogP contribution in [0.1, 0.15) is 5.56 Å². The van der Waals surface area contributed by atoms with Crippen molar-refractivity contribution in [2.24, 2.45) is 5.10 Å². The van der Waals surface area contributed by atoms with Gasteiger partial charge in [0.1, 0.15) is 0 Å². The van der Waals surface area contributed by atoms with Crippen LogP contribution in [0.15, 0.2) is 62.6 Å². The predicted molar refractivity (Wildman–Crippen MR) is 92.5 cm³/mol. The van der Waals surface area contributed by atoms with E-state index in [4.69, 9.17) is 0 Å². The van der Waals surface area contributed by atoms with E-state index in [1.807, 2.05) is 48.5 Å². The molecule has 108 valence electrons. The van der Waals surface area contributed by atoms with Crippen LogP contribution >= 0.6 is 31.9 Å². The summed E-state index contributed by atoms with van der Waals surface area (Å²) >= 11 is 6.80. The number of halogens is 2. The van der Waals surface area contributed by atoms with E-state index in [9.17, 15) is 4.79 Å². The number of carbonyl (C=O) groups excluding carboxylic acids is 1. The van der Waals surface area contributed by atoms with E-state index in [0.717, 1.165) is 20.2 Å². The van der Waals surface area contributed by atoms with Crippen molar-refractivity contribution in [2.45, 2.75) is 0 Å². The van der Waals surface area contributed by atoms with Crippen LogP contribution in [0.4, 0.5) is 5.69 Å². The maximum Gasteiger partial charge on any atom is 0.259 e. The van der Waals surface area contributed by atoms with Crippen molar-refractivity contribution >= 4 is 49.7 Å². The van der Waals surface area contributed by atoms with Gasteiger partial charge in [0, 0.05) is 14.6 Å². The smallest absolute Gasteiger partial charge is 0.259 e. The highest BCUT2D eigenvalue weighted by Crippen LogP contribution is 2.25. The fourth-order valence-electron chi connectivity index (χ4n) is 1.57. The molecule has 2 N–H and O–H groups in total. The van der Waals surface area contributed by atoms with Gasteiger partial charge in [-0.15, -0.1) is 0 Å². The van der Waals surface area contributed by atoms with Crippen molar-refractivity contribution in [1.29, 1.82) is 0 Å². The number of nitrogens with zero attached hydrogens (tertiary/aromatic N) is 1. The second-order valence-corrected chi connectivity index (χ2v) is 5.95. The van der Waals surface area contributed by atoms with Crippen LogP contribution in [0, 0.1) is 0 Å². The molecule has 0 aliphatic rings. The first-order valence-electron chi connectivity index (χ1n) is 6.21. The first-order chi connectivity index (χ1) is 10.1. The van der Waals surface area contributed by atoms with Gasteiger partial charge in [0.2, 0.25) is 0 Å². The fraction of sp³-hybridized carbons (Fsp3) is 0.0667. The lowest BCUT2D eigenvalue weighted by atomic mass is 10.2. The molecule has 0 unspecified atom stereocenters. The van der Waals surface area contributed by atoms with E-state index in [1.165, 1.54) is 0 Å². The minimum Gasteiger partial charge on any atom is -0.375 e. The number of rotatable bonds is 5. The maximum atomic E-state index is 11.7. The fourth-order valence-corrected chi connectivity index (χ4v) is 2.75. The number of carbonyl (C=O) groups is 1. The molecule has 0 bridgehead atoms. The summed E-state index contributed by atoms with van der Waals surface area (Å²) in [6, 6.07) is 15.3. The molecule has 0 radical (unpaired) electrons. The summed E-state index contributed by atoms with van der Waals surface area (Å²) in [4.78, 5) is 11.7. The molecule has 2 aromatic rings. The van der Waals surface area contributed by atoms with Gasteiger partial charge in [-0.05, 0) is 39.7 Å². The van der Waals surface area contributed by atoms with Crippen molar-refractivity contribution in [2.75, 3.05) is 11.9 Å². The molecule has 0 fully saturated rings. The van der Waals surface area contributed by atoms with Crippen molar-refractivity contribution in [3.63, 3.8) is 0 Å². The summed E-state index contributed by atoms with van der Waals surface area (Å²) < 4.78 is 1.86.